The molecule has 0 heterocycles. The molecule has 0 unspecified atom stereocenters. The average molecular weight is 471 g/mol. The predicted octanol–water partition coefficient (Wildman–Crippen LogP) is 8.41. The minimum atomic E-state index is 0.746. The van der Waals surface area contributed by atoms with Gasteiger partial charge in [-0.1, -0.05) is 35.4 Å². The van der Waals surface area contributed by atoms with E-state index in [1.807, 2.05) is 24.3 Å². The Morgan fingerprint density at radius 3 is 0.778 bits per heavy atom. The fourth-order valence-corrected chi connectivity index (χ4v) is 4.28. The van der Waals surface area contributed by atoms with E-state index in [2.05, 4.69) is 121 Å². The molecule has 0 saturated carbocycles. The maximum absolute atomic E-state index is 5.97. The summed E-state index contributed by atoms with van der Waals surface area (Å²) in [7, 11) is 0. The van der Waals surface area contributed by atoms with Crippen molar-refractivity contribution in [1.29, 1.82) is 0 Å². The Morgan fingerprint density at radius 2 is 0.528 bits per heavy atom. The third kappa shape index (κ3) is 4.89. The zero-order chi connectivity index (χ0) is 25.1. The Labute approximate surface area is 213 Å². The minimum Gasteiger partial charge on any atom is -0.399 e. The molecule has 0 aliphatic carbocycles. The number of nitrogens with zero attached hydrogens (tertiary/aromatic N) is 2. The van der Waals surface area contributed by atoms with Gasteiger partial charge in [0.05, 0.1) is 0 Å². The second-order valence-electron chi connectivity index (χ2n) is 9.04. The molecule has 36 heavy (non-hydrogen) atoms. The summed E-state index contributed by atoms with van der Waals surface area (Å²) in [5.74, 6) is 0. The zero-order valence-electron chi connectivity index (χ0n) is 20.6. The molecule has 178 valence electrons. The number of nitrogen functional groups attached to an aromatic ring is 2. The third-order valence-electron chi connectivity index (χ3n) is 6.25. The van der Waals surface area contributed by atoms with E-state index in [0.717, 1.165) is 45.5 Å². The van der Waals surface area contributed by atoms with Crippen molar-refractivity contribution in [1.82, 2.24) is 0 Å². The van der Waals surface area contributed by atoms with Crippen molar-refractivity contribution >= 4 is 45.5 Å². The number of anilines is 8. The molecule has 5 aromatic rings. The Morgan fingerprint density at radius 1 is 0.333 bits per heavy atom. The maximum Gasteiger partial charge on any atom is 0.0463 e. The van der Waals surface area contributed by atoms with Gasteiger partial charge in [-0.15, -0.1) is 0 Å². The molecule has 0 aliphatic rings. The quantitative estimate of drug-likeness (QED) is 0.245. The SMILES string of the molecule is Cc1ccc(N(c2ccc(N)cc2)c2ccc(N(c3ccc(C)cc3)c3ccc(N)cc3)cc2)cc1. The lowest BCUT2D eigenvalue weighted by atomic mass is 10.1. The third-order valence-corrected chi connectivity index (χ3v) is 6.25. The first-order valence-corrected chi connectivity index (χ1v) is 12.0. The van der Waals surface area contributed by atoms with Crippen molar-refractivity contribution < 1.29 is 0 Å². The highest BCUT2D eigenvalue weighted by Crippen LogP contribution is 2.39. The molecule has 0 aliphatic heterocycles. The maximum atomic E-state index is 5.97. The normalized spacial score (nSPS) is 10.7. The Balaban J connectivity index is 1.57. The summed E-state index contributed by atoms with van der Waals surface area (Å²) in [6.45, 7) is 4.20. The highest BCUT2D eigenvalue weighted by Gasteiger charge is 2.16. The number of rotatable bonds is 6. The number of hydrogen-bond donors (Lipinski definition) is 2. The van der Waals surface area contributed by atoms with E-state index in [1.165, 1.54) is 11.1 Å². The van der Waals surface area contributed by atoms with Crippen LogP contribution in [0.3, 0.4) is 0 Å². The van der Waals surface area contributed by atoms with Gasteiger partial charge in [0.1, 0.15) is 0 Å². The molecule has 0 atom stereocenters. The smallest absolute Gasteiger partial charge is 0.0463 e. The lowest BCUT2D eigenvalue weighted by Crippen LogP contribution is -2.12. The van der Waals surface area contributed by atoms with Gasteiger partial charge < -0.3 is 21.3 Å². The molecule has 0 radical (unpaired) electrons. The van der Waals surface area contributed by atoms with Crippen molar-refractivity contribution in [2.45, 2.75) is 13.8 Å². The largest absolute Gasteiger partial charge is 0.399 e. The number of nitrogens with two attached hydrogens (primary N) is 2. The van der Waals surface area contributed by atoms with Crippen LogP contribution in [0.25, 0.3) is 0 Å². The first kappa shape index (κ1) is 23.1. The number of hydrogen-bond acceptors (Lipinski definition) is 4. The van der Waals surface area contributed by atoms with Crippen molar-refractivity contribution in [3.8, 4) is 0 Å². The van der Waals surface area contributed by atoms with Crippen molar-refractivity contribution in [2.75, 3.05) is 21.3 Å². The Hall–Kier alpha value is -4.70. The fraction of sp³-hybridized carbons (Fsp3) is 0.0625. The summed E-state index contributed by atoms with van der Waals surface area (Å²) in [5.41, 5.74) is 22.3. The van der Waals surface area contributed by atoms with Gasteiger partial charge in [-0.05, 0) is 111 Å². The van der Waals surface area contributed by atoms with Gasteiger partial charge in [-0.3, -0.25) is 0 Å². The second kappa shape index (κ2) is 9.88. The average Bonchev–Trinajstić information content (AvgIpc) is 2.90. The first-order valence-electron chi connectivity index (χ1n) is 12.0. The molecular weight excluding hydrogens is 440 g/mol. The highest BCUT2D eigenvalue weighted by atomic mass is 15.2. The van der Waals surface area contributed by atoms with Crippen LogP contribution in [0.15, 0.2) is 121 Å². The van der Waals surface area contributed by atoms with Crippen LogP contribution in [0, 0.1) is 13.8 Å². The zero-order valence-corrected chi connectivity index (χ0v) is 20.6. The monoisotopic (exact) mass is 470 g/mol. The van der Waals surface area contributed by atoms with Crippen molar-refractivity contribution in [3.05, 3.63) is 132 Å². The van der Waals surface area contributed by atoms with Crippen LogP contribution in [0.4, 0.5) is 45.5 Å². The van der Waals surface area contributed by atoms with Crippen LogP contribution in [-0.2, 0) is 0 Å². The van der Waals surface area contributed by atoms with Crippen LogP contribution in [0.2, 0.25) is 0 Å². The molecule has 5 aromatic carbocycles. The summed E-state index contributed by atoms with van der Waals surface area (Å²) in [5, 5.41) is 0. The van der Waals surface area contributed by atoms with Crippen LogP contribution in [0.1, 0.15) is 11.1 Å². The summed E-state index contributed by atoms with van der Waals surface area (Å²) < 4.78 is 0. The van der Waals surface area contributed by atoms with E-state index in [1.54, 1.807) is 0 Å². The van der Waals surface area contributed by atoms with Crippen molar-refractivity contribution in [3.63, 3.8) is 0 Å². The van der Waals surface area contributed by atoms with E-state index in [0.29, 0.717) is 0 Å². The molecule has 0 spiro atoms. The van der Waals surface area contributed by atoms with Gasteiger partial charge in [0.15, 0.2) is 0 Å². The molecule has 0 aromatic heterocycles. The fourth-order valence-electron chi connectivity index (χ4n) is 4.28. The Bertz CT molecular complexity index is 1220. The number of aryl methyl sites for hydroxylation is 2. The summed E-state index contributed by atoms with van der Waals surface area (Å²) in [6, 6.07) is 41.7. The lowest BCUT2D eigenvalue weighted by molar-refractivity contribution is 1.25. The second-order valence-corrected chi connectivity index (χ2v) is 9.04. The standard InChI is InChI=1S/C32H30N4/c1-23-3-11-27(12-4-23)35(29-15-7-25(33)8-16-29)31-19-21-32(22-20-31)36(28-13-5-24(2)6-14-28)30-17-9-26(34)10-18-30/h3-22H,33-34H2,1-2H3. The van der Waals surface area contributed by atoms with E-state index in [4.69, 9.17) is 11.5 Å². The molecular formula is C32H30N4. The first-order chi connectivity index (χ1) is 17.5. The van der Waals surface area contributed by atoms with Crippen LogP contribution < -0.4 is 21.3 Å². The summed E-state index contributed by atoms with van der Waals surface area (Å²) in [4.78, 5) is 4.48. The van der Waals surface area contributed by atoms with E-state index in [9.17, 15) is 0 Å². The molecule has 5 rings (SSSR count). The molecule has 0 fully saturated rings. The van der Waals surface area contributed by atoms with Crippen molar-refractivity contribution in [2.24, 2.45) is 0 Å². The van der Waals surface area contributed by atoms with Gasteiger partial charge in [0.25, 0.3) is 0 Å². The molecule has 4 N–H and O–H groups in total. The van der Waals surface area contributed by atoms with Gasteiger partial charge in [-0.25, -0.2) is 0 Å². The van der Waals surface area contributed by atoms with E-state index >= 15 is 0 Å². The number of benzene rings is 5. The molecule has 0 bridgehead atoms. The topological polar surface area (TPSA) is 58.5 Å². The van der Waals surface area contributed by atoms with Gasteiger partial charge in [-0.2, -0.15) is 0 Å². The van der Waals surface area contributed by atoms with Crippen LogP contribution >= 0.6 is 0 Å². The highest BCUT2D eigenvalue weighted by molar-refractivity contribution is 5.81. The molecule has 4 nitrogen and oxygen atoms in total. The summed E-state index contributed by atoms with van der Waals surface area (Å²) in [6.07, 6.45) is 0. The Kier molecular flexibility index (Phi) is 6.33. The van der Waals surface area contributed by atoms with Gasteiger partial charge in [0.2, 0.25) is 0 Å². The molecule has 4 heteroatoms. The van der Waals surface area contributed by atoms with Crippen LogP contribution in [0.5, 0.6) is 0 Å². The van der Waals surface area contributed by atoms with Gasteiger partial charge >= 0.3 is 0 Å². The van der Waals surface area contributed by atoms with Crippen LogP contribution in [-0.4, -0.2) is 0 Å². The molecule has 0 amide bonds. The van der Waals surface area contributed by atoms with E-state index in [-0.39, 0.29) is 0 Å². The lowest BCUT2D eigenvalue weighted by Gasteiger charge is -2.28. The van der Waals surface area contributed by atoms with Gasteiger partial charge in [0, 0.05) is 45.5 Å². The predicted molar refractivity (Wildman–Crippen MR) is 154 cm³/mol. The minimum absolute atomic E-state index is 0.746. The summed E-state index contributed by atoms with van der Waals surface area (Å²) >= 11 is 0. The molecule has 0 saturated heterocycles. The van der Waals surface area contributed by atoms with E-state index < -0.39 is 0 Å².